The molecule has 0 saturated carbocycles. The van der Waals surface area contributed by atoms with Gasteiger partial charge in [0.15, 0.2) is 0 Å². The van der Waals surface area contributed by atoms with Gasteiger partial charge in [-0.2, -0.15) is 5.10 Å². The van der Waals surface area contributed by atoms with Crippen LogP contribution in [-0.4, -0.2) is 45.3 Å². The van der Waals surface area contributed by atoms with Gasteiger partial charge in [0.1, 0.15) is 6.10 Å². The number of morpholine rings is 1. The zero-order valence-electron chi connectivity index (χ0n) is 12.7. The van der Waals surface area contributed by atoms with E-state index >= 15 is 0 Å². The zero-order valence-corrected chi connectivity index (χ0v) is 12.7. The van der Waals surface area contributed by atoms with E-state index in [1.807, 2.05) is 13.0 Å². The number of ether oxygens (including phenoxy) is 1. The molecule has 0 radical (unpaired) electrons. The van der Waals surface area contributed by atoms with Gasteiger partial charge in [0, 0.05) is 31.2 Å². The minimum absolute atomic E-state index is 0.0398. The molecule has 1 aliphatic heterocycles. The van der Waals surface area contributed by atoms with Crippen molar-refractivity contribution in [3.05, 3.63) is 41.5 Å². The molecule has 2 aromatic heterocycles. The molecule has 0 aromatic carbocycles. The zero-order chi connectivity index (χ0) is 15.7. The molecule has 1 unspecified atom stereocenters. The van der Waals surface area contributed by atoms with Gasteiger partial charge in [-0.25, -0.2) is 0 Å². The molecule has 7 heteroatoms. The Morgan fingerprint density at radius 1 is 1.45 bits per heavy atom. The number of hydrogen-bond donors (Lipinski definition) is 1. The van der Waals surface area contributed by atoms with Gasteiger partial charge >= 0.3 is 0 Å². The van der Waals surface area contributed by atoms with Gasteiger partial charge < -0.3 is 15.4 Å². The second-order valence-corrected chi connectivity index (χ2v) is 5.48. The van der Waals surface area contributed by atoms with E-state index in [2.05, 4.69) is 10.1 Å². The third kappa shape index (κ3) is 2.94. The number of carbonyl (C=O) groups excluding carboxylic acids is 1. The first-order chi connectivity index (χ1) is 10.5. The number of nitrogen functional groups attached to an aromatic ring is 1. The van der Waals surface area contributed by atoms with E-state index in [4.69, 9.17) is 10.5 Å². The summed E-state index contributed by atoms with van der Waals surface area (Å²) in [7, 11) is 1.79. The van der Waals surface area contributed by atoms with Gasteiger partial charge in [0.05, 0.1) is 30.6 Å². The van der Waals surface area contributed by atoms with Crippen molar-refractivity contribution in [1.29, 1.82) is 0 Å². The molecular weight excluding hydrogens is 282 g/mol. The van der Waals surface area contributed by atoms with Crippen LogP contribution in [0.3, 0.4) is 0 Å². The summed E-state index contributed by atoms with van der Waals surface area (Å²) in [6.45, 7) is 3.39. The Bertz CT molecular complexity index is 677. The first-order valence-corrected chi connectivity index (χ1v) is 7.16. The van der Waals surface area contributed by atoms with Crippen LogP contribution in [0.4, 0.5) is 5.69 Å². The van der Waals surface area contributed by atoms with Gasteiger partial charge in [-0.3, -0.25) is 14.5 Å². The molecular formula is C15H19N5O2. The monoisotopic (exact) mass is 301 g/mol. The fraction of sp³-hybridized carbons (Fsp3) is 0.400. The third-order valence-electron chi connectivity index (χ3n) is 3.63. The molecule has 1 atom stereocenters. The third-order valence-corrected chi connectivity index (χ3v) is 3.63. The Morgan fingerprint density at radius 2 is 2.27 bits per heavy atom. The van der Waals surface area contributed by atoms with E-state index in [0.29, 0.717) is 30.9 Å². The summed E-state index contributed by atoms with van der Waals surface area (Å²) >= 11 is 0. The molecule has 3 rings (SSSR count). The highest BCUT2D eigenvalue weighted by Gasteiger charge is 2.27. The van der Waals surface area contributed by atoms with Crippen LogP contribution in [0.15, 0.2) is 24.5 Å². The minimum Gasteiger partial charge on any atom is -0.399 e. The molecule has 2 N–H and O–H groups in total. The normalized spacial score (nSPS) is 18.5. The van der Waals surface area contributed by atoms with Crippen LogP contribution >= 0.6 is 0 Å². The maximum atomic E-state index is 12.5. The molecule has 1 saturated heterocycles. The summed E-state index contributed by atoms with van der Waals surface area (Å²) in [5, 5.41) is 4.04. The quantitative estimate of drug-likeness (QED) is 0.891. The molecule has 0 spiro atoms. The predicted octanol–water partition coefficient (Wildman–Crippen LogP) is 0.919. The molecule has 3 heterocycles. The number of aromatic nitrogens is 3. The summed E-state index contributed by atoms with van der Waals surface area (Å²) in [4.78, 5) is 18.7. The Morgan fingerprint density at radius 3 is 2.95 bits per heavy atom. The summed E-state index contributed by atoms with van der Waals surface area (Å²) < 4.78 is 7.38. The Labute approximate surface area is 128 Å². The van der Waals surface area contributed by atoms with Gasteiger partial charge in [0.2, 0.25) is 0 Å². The average molecular weight is 301 g/mol. The van der Waals surface area contributed by atoms with E-state index in [1.165, 1.54) is 0 Å². The van der Waals surface area contributed by atoms with E-state index in [9.17, 15) is 4.79 Å². The van der Waals surface area contributed by atoms with E-state index in [0.717, 1.165) is 11.4 Å². The van der Waals surface area contributed by atoms with E-state index < -0.39 is 0 Å². The minimum atomic E-state index is -0.253. The van der Waals surface area contributed by atoms with Gasteiger partial charge in [0.25, 0.3) is 5.91 Å². The highest BCUT2D eigenvalue weighted by Crippen LogP contribution is 2.23. The number of carbonyl (C=O) groups is 1. The molecule has 2 aromatic rings. The maximum absolute atomic E-state index is 12.5. The SMILES string of the molecule is Cc1cc(N)cc(C2CN(C(=O)c3cnn(C)c3)CCO2)n1. The Kier molecular flexibility index (Phi) is 3.81. The van der Waals surface area contributed by atoms with Crippen LogP contribution in [0.1, 0.15) is 27.8 Å². The molecule has 116 valence electrons. The van der Waals surface area contributed by atoms with E-state index in [1.54, 1.807) is 35.1 Å². The number of amides is 1. The number of nitrogens with two attached hydrogens (primary N) is 1. The summed E-state index contributed by atoms with van der Waals surface area (Å²) in [5.41, 5.74) is 8.71. The topological polar surface area (TPSA) is 86.3 Å². The fourth-order valence-corrected chi connectivity index (χ4v) is 2.61. The van der Waals surface area contributed by atoms with Crippen molar-refractivity contribution in [2.75, 3.05) is 25.4 Å². The number of aryl methyl sites for hydroxylation is 2. The van der Waals surface area contributed by atoms with Crippen LogP contribution in [0.2, 0.25) is 0 Å². The first-order valence-electron chi connectivity index (χ1n) is 7.16. The summed E-state index contributed by atoms with van der Waals surface area (Å²) in [6, 6.07) is 3.61. The molecule has 22 heavy (non-hydrogen) atoms. The second kappa shape index (κ2) is 5.76. The number of hydrogen-bond acceptors (Lipinski definition) is 5. The van der Waals surface area contributed by atoms with Crippen molar-refractivity contribution in [2.45, 2.75) is 13.0 Å². The Hall–Kier alpha value is -2.41. The lowest BCUT2D eigenvalue weighted by molar-refractivity contribution is -0.0247. The maximum Gasteiger partial charge on any atom is 0.257 e. The second-order valence-electron chi connectivity index (χ2n) is 5.48. The van der Waals surface area contributed by atoms with Crippen LogP contribution in [-0.2, 0) is 11.8 Å². The van der Waals surface area contributed by atoms with E-state index in [-0.39, 0.29) is 12.0 Å². The lowest BCUT2D eigenvalue weighted by Gasteiger charge is -2.32. The largest absolute Gasteiger partial charge is 0.399 e. The van der Waals surface area contributed by atoms with Crippen molar-refractivity contribution in [3.8, 4) is 0 Å². The lowest BCUT2D eigenvalue weighted by atomic mass is 10.1. The molecule has 1 fully saturated rings. The highest BCUT2D eigenvalue weighted by molar-refractivity contribution is 5.93. The van der Waals surface area contributed by atoms with Crippen LogP contribution in [0.25, 0.3) is 0 Å². The first kappa shape index (κ1) is 14.5. The summed E-state index contributed by atoms with van der Waals surface area (Å²) in [5.74, 6) is -0.0398. The van der Waals surface area contributed by atoms with Crippen LogP contribution in [0, 0.1) is 6.92 Å². The standard InChI is InChI=1S/C15H19N5O2/c1-10-5-12(16)6-13(18-10)14-9-20(3-4-22-14)15(21)11-7-17-19(2)8-11/h5-8,14H,3-4,9H2,1-2H3,(H2,16,18). The van der Waals surface area contributed by atoms with Gasteiger partial charge in [-0.1, -0.05) is 0 Å². The molecule has 0 bridgehead atoms. The van der Waals surface area contributed by atoms with Gasteiger partial charge in [-0.05, 0) is 19.1 Å². The van der Waals surface area contributed by atoms with Crippen molar-refractivity contribution in [2.24, 2.45) is 7.05 Å². The van der Waals surface area contributed by atoms with Crippen LogP contribution < -0.4 is 5.73 Å². The average Bonchev–Trinajstić information content (AvgIpc) is 2.92. The van der Waals surface area contributed by atoms with Crippen molar-refractivity contribution in [1.82, 2.24) is 19.7 Å². The molecule has 7 nitrogen and oxygen atoms in total. The van der Waals surface area contributed by atoms with Crippen molar-refractivity contribution in [3.63, 3.8) is 0 Å². The van der Waals surface area contributed by atoms with Crippen molar-refractivity contribution < 1.29 is 9.53 Å². The number of pyridine rings is 1. The molecule has 1 aliphatic rings. The molecule has 1 amide bonds. The smallest absolute Gasteiger partial charge is 0.257 e. The van der Waals surface area contributed by atoms with Crippen LogP contribution in [0.5, 0.6) is 0 Å². The lowest BCUT2D eigenvalue weighted by Crippen LogP contribution is -2.42. The molecule has 0 aliphatic carbocycles. The highest BCUT2D eigenvalue weighted by atomic mass is 16.5. The summed E-state index contributed by atoms with van der Waals surface area (Å²) in [6.07, 6.45) is 3.04. The number of nitrogens with zero attached hydrogens (tertiary/aromatic N) is 4. The predicted molar refractivity (Wildman–Crippen MR) is 81.2 cm³/mol. The van der Waals surface area contributed by atoms with Gasteiger partial charge in [-0.15, -0.1) is 0 Å². The number of anilines is 1. The number of rotatable bonds is 2. The fourth-order valence-electron chi connectivity index (χ4n) is 2.61. The Balaban J connectivity index is 1.78. The van der Waals surface area contributed by atoms with Crippen molar-refractivity contribution >= 4 is 11.6 Å².